The van der Waals surface area contributed by atoms with Gasteiger partial charge in [0, 0.05) is 18.6 Å². The molecule has 0 spiro atoms. The quantitative estimate of drug-likeness (QED) is 0.660. The molecule has 1 heterocycles. The molecule has 0 unspecified atom stereocenters. The van der Waals surface area contributed by atoms with Crippen molar-refractivity contribution in [2.75, 3.05) is 20.7 Å². The number of aromatic hydroxyl groups is 1. The summed E-state index contributed by atoms with van der Waals surface area (Å²) in [5.74, 6) is 1.27. The van der Waals surface area contributed by atoms with Crippen LogP contribution in [0.3, 0.4) is 0 Å². The third-order valence-corrected chi connectivity index (χ3v) is 6.81. The molecule has 1 saturated carbocycles. The van der Waals surface area contributed by atoms with Crippen LogP contribution >= 0.6 is 7.82 Å². The number of phosphoric acid groups is 1. The van der Waals surface area contributed by atoms with Crippen LogP contribution < -0.4 is 0 Å². The molecule has 25 heavy (non-hydrogen) atoms. The molecule has 0 aromatic heterocycles. The Morgan fingerprint density at radius 3 is 2.68 bits per heavy atom. The fourth-order valence-electron chi connectivity index (χ4n) is 5.18. The summed E-state index contributed by atoms with van der Waals surface area (Å²) in [6.07, 6.45) is 7.93. The van der Waals surface area contributed by atoms with E-state index in [1.165, 1.54) is 56.2 Å². The van der Waals surface area contributed by atoms with Crippen molar-refractivity contribution in [3.05, 3.63) is 29.3 Å². The van der Waals surface area contributed by atoms with E-state index in [2.05, 4.69) is 28.6 Å². The number of fused-ring (bicyclic) bond motifs is 1. The lowest BCUT2D eigenvalue weighted by Crippen LogP contribution is -2.59. The molecule has 6 nitrogen and oxygen atoms in total. The van der Waals surface area contributed by atoms with E-state index in [1.807, 2.05) is 6.07 Å². The number of benzene rings is 1. The minimum absolute atomic E-state index is 0.377. The molecule has 1 saturated heterocycles. The molecule has 3 atom stereocenters. The third-order valence-electron chi connectivity index (χ3n) is 6.34. The van der Waals surface area contributed by atoms with E-state index < -0.39 is 7.82 Å². The predicted octanol–water partition coefficient (Wildman–Crippen LogP) is 2.81. The predicted molar refractivity (Wildman–Crippen MR) is 95.5 cm³/mol. The molecule has 140 valence electrons. The molecular weight excluding hydrogens is 341 g/mol. The molecule has 2 bridgehead atoms. The summed E-state index contributed by atoms with van der Waals surface area (Å²) in [4.78, 5) is 18.0. The topological polar surface area (TPSA) is 90.2 Å². The molecule has 1 aromatic carbocycles. The number of hydrogen-bond acceptors (Lipinski definition) is 4. The molecule has 0 amide bonds. The van der Waals surface area contributed by atoms with E-state index in [-0.39, 0.29) is 0 Å². The second-order valence-corrected chi connectivity index (χ2v) is 8.87. The molecular formula is C18H28NO5P. The highest BCUT2D eigenvalue weighted by molar-refractivity contribution is 7.46. The zero-order valence-corrected chi connectivity index (χ0v) is 15.8. The maximum atomic E-state index is 9.91. The number of phenols is 1. The Hall–Kier alpha value is -0.910. The first kappa shape index (κ1) is 18.9. The lowest BCUT2D eigenvalue weighted by atomic mass is 9.52. The van der Waals surface area contributed by atoms with E-state index in [4.69, 9.17) is 9.79 Å². The second kappa shape index (κ2) is 7.01. The summed E-state index contributed by atoms with van der Waals surface area (Å²) in [5.41, 5.74) is 3.36. The summed E-state index contributed by atoms with van der Waals surface area (Å²) in [6, 6.07) is 6.85. The molecule has 7 heteroatoms. The first-order valence-electron chi connectivity index (χ1n) is 8.91. The number of nitrogens with zero attached hydrogens (tertiary/aromatic N) is 1. The van der Waals surface area contributed by atoms with Crippen molar-refractivity contribution >= 4 is 7.82 Å². The van der Waals surface area contributed by atoms with Crippen molar-refractivity contribution in [2.45, 2.75) is 50.0 Å². The maximum absolute atomic E-state index is 9.91. The molecule has 3 aliphatic rings. The lowest BCUT2D eigenvalue weighted by molar-refractivity contribution is 0.00274. The summed E-state index contributed by atoms with van der Waals surface area (Å²) in [7, 11) is -0.901. The van der Waals surface area contributed by atoms with Crippen LogP contribution in [0, 0.1) is 5.92 Å². The normalized spacial score (nSPS) is 31.4. The van der Waals surface area contributed by atoms with Gasteiger partial charge in [0.1, 0.15) is 5.75 Å². The van der Waals surface area contributed by atoms with Crippen LogP contribution in [0.4, 0.5) is 0 Å². The molecule has 1 aliphatic heterocycles. The Morgan fingerprint density at radius 2 is 2.00 bits per heavy atom. The van der Waals surface area contributed by atoms with Gasteiger partial charge in [0.2, 0.25) is 0 Å². The standard InChI is InChI=1S/C17H23NO.CH5O4P/c1-18-9-8-17-7-3-2-4-14(17)16(18)10-12-5-6-13(19)11-15(12)17;1-5-6(2,3)4/h5-6,11,14,16,19H,2-4,7-10H2,1H3;1H3,(H2,2,3,4)/t14-,16+,17+;/m0./s1. The van der Waals surface area contributed by atoms with Gasteiger partial charge in [-0.3, -0.25) is 4.52 Å². The van der Waals surface area contributed by atoms with Gasteiger partial charge in [-0.2, -0.15) is 0 Å². The summed E-state index contributed by atoms with van der Waals surface area (Å²) in [6.45, 7) is 1.22. The Morgan fingerprint density at radius 1 is 1.28 bits per heavy atom. The van der Waals surface area contributed by atoms with Crippen LogP contribution in [0.1, 0.15) is 43.2 Å². The Balaban J connectivity index is 0.000000265. The summed E-state index contributed by atoms with van der Waals surface area (Å²) < 4.78 is 13.1. The van der Waals surface area contributed by atoms with Crippen LogP contribution in [0.15, 0.2) is 18.2 Å². The van der Waals surface area contributed by atoms with Crippen molar-refractivity contribution < 1.29 is 24.0 Å². The number of phosphoric ester groups is 1. The van der Waals surface area contributed by atoms with Crippen LogP contribution in [0.5, 0.6) is 5.75 Å². The summed E-state index contributed by atoms with van der Waals surface area (Å²) >= 11 is 0. The average molecular weight is 369 g/mol. The molecule has 2 fully saturated rings. The average Bonchev–Trinajstić information content (AvgIpc) is 2.58. The number of likely N-dealkylation sites (tertiary alicyclic amines) is 1. The smallest absolute Gasteiger partial charge is 0.469 e. The molecule has 2 aliphatic carbocycles. The van der Waals surface area contributed by atoms with Crippen LogP contribution in [0.25, 0.3) is 0 Å². The van der Waals surface area contributed by atoms with E-state index in [0.717, 1.165) is 19.1 Å². The minimum Gasteiger partial charge on any atom is -0.508 e. The number of rotatable bonds is 1. The largest absolute Gasteiger partial charge is 0.508 e. The van der Waals surface area contributed by atoms with Crippen molar-refractivity contribution in [3.8, 4) is 5.75 Å². The fraction of sp³-hybridized carbons (Fsp3) is 0.667. The van der Waals surface area contributed by atoms with Gasteiger partial charge < -0.3 is 19.8 Å². The number of piperidine rings is 1. The van der Waals surface area contributed by atoms with Gasteiger partial charge in [-0.25, -0.2) is 4.57 Å². The molecule has 0 radical (unpaired) electrons. The molecule has 3 N–H and O–H groups in total. The third kappa shape index (κ3) is 3.64. The Bertz CT molecular complexity index is 675. The number of likely N-dealkylation sites (N-methyl/N-ethyl adjacent to an activating group) is 1. The first-order chi connectivity index (χ1) is 11.8. The van der Waals surface area contributed by atoms with Gasteiger partial charge >= 0.3 is 7.82 Å². The zero-order chi connectivity index (χ0) is 18.2. The van der Waals surface area contributed by atoms with E-state index >= 15 is 0 Å². The second-order valence-electron chi connectivity index (χ2n) is 7.53. The number of phenolic OH excluding ortho intramolecular Hbond substituents is 1. The van der Waals surface area contributed by atoms with Gasteiger partial charge in [0.25, 0.3) is 0 Å². The van der Waals surface area contributed by atoms with Crippen molar-refractivity contribution in [3.63, 3.8) is 0 Å². The zero-order valence-electron chi connectivity index (χ0n) is 14.9. The van der Waals surface area contributed by atoms with Gasteiger partial charge in [-0.15, -0.1) is 0 Å². The highest BCUT2D eigenvalue weighted by atomic mass is 31.2. The van der Waals surface area contributed by atoms with Crippen LogP contribution in [-0.4, -0.2) is 46.5 Å². The molecule has 1 aromatic rings. The highest BCUT2D eigenvalue weighted by Gasteiger charge is 2.52. The maximum Gasteiger partial charge on any atom is 0.469 e. The van der Waals surface area contributed by atoms with E-state index in [1.54, 1.807) is 0 Å². The van der Waals surface area contributed by atoms with Crippen molar-refractivity contribution in [1.82, 2.24) is 4.90 Å². The first-order valence-corrected chi connectivity index (χ1v) is 10.4. The summed E-state index contributed by atoms with van der Waals surface area (Å²) in [5, 5.41) is 9.91. The van der Waals surface area contributed by atoms with E-state index in [0.29, 0.717) is 11.2 Å². The minimum atomic E-state index is -4.15. The lowest BCUT2D eigenvalue weighted by Gasteiger charge is -2.58. The van der Waals surface area contributed by atoms with Gasteiger partial charge in [-0.1, -0.05) is 18.9 Å². The Labute approximate surface area is 149 Å². The van der Waals surface area contributed by atoms with Gasteiger partial charge in [0.05, 0.1) is 0 Å². The Kier molecular flexibility index (Phi) is 5.29. The monoisotopic (exact) mass is 369 g/mol. The van der Waals surface area contributed by atoms with Gasteiger partial charge in [-0.05, 0) is 68.5 Å². The van der Waals surface area contributed by atoms with Crippen LogP contribution in [-0.2, 0) is 20.9 Å². The van der Waals surface area contributed by atoms with Crippen molar-refractivity contribution in [1.29, 1.82) is 0 Å². The van der Waals surface area contributed by atoms with Crippen LogP contribution in [0.2, 0.25) is 0 Å². The van der Waals surface area contributed by atoms with Gasteiger partial charge in [0.15, 0.2) is 0 Å². The SMILES string of the molecule is CN1CC[C@]23CCCC[C@H]2[C@H]1Cc1ccc(O)cc13.COP(=O)(O)O. The van der Waals surface area contributed by atoms with E-state index in [9.17, 15) is 9.67 Å². The fourth-order valence-corrected chi connectivity index (χ4v) is 5.18. The number of hydrogen-bond donors (Lipinski definition) is 3. The highest BCUT2D eigenvalue weighted by Crippen LogP contribution is 2.55. The molecule has 4 rings (SSSR count). The van der Waals surface area contributed by atoms with Crippen molar-refractivity contribution in [2.24, 2.45) is 5.92 Å².